The Hall–Kier alpha value is -0.0400. The fourth-order valence-electron chi connectivity index (χ4n) is 2.69. The maximum Gasteiger partial charge on any atom is -0.00773 e. The molecule has 0 spiro atoms. The van der Waals surface area contributed by atoms with Gasteiger partial charge < -0.3 is 5.73 Å². The van der Waals surface area contributed by atoms with Crippen molar-refractivity contribution in [3.8, 4) is 0 Å². The first-order chi connectivity index (χ1) is 11.3. The Balaban J connectivity index is 0. The topological polar surface area (TPSA) is 26.0 Å². The van der Waals surface area contributed by atoms with Gasteiger partial charge in [0.05, 0.1) is 0 Å². The lowest BCUT2D eigenvalue weighted by Crippen LogP contribution is -1.97. The molecule has 0 aliphatic heterocycles. The fourth-order valence-corrected chi connectivity index (χ4v) is 2.69. The summed E-state index contributed by atoms with van der Waals surface area (Å²) in [6, 6.07) is 0. The normalized spacial score (nSPS) is 10.4. The average Bonchev–Trinajstić information content (AvgIpc) is 2.58. The summed E-state index contributed by atoms with van der Waals surface area (Å²) in [5, 5.41) is 0. The van der Waals surface area contributed by atoms with E-state index in [1.807, 2.05) is 0 Å². The molecular weight excluding hydrogens is 278 g/mol. The van der Waals surface area contributed by atoms with Crippen LogP contribution in [0, 0.1) is 0 Å². The first-order valence-electron chi connectivity index (χ1n) is 11.0. The van der Waals surface area contributed by atoms with Gasteiger partial charge in [0.2, 0.25) is 0 Å². The Morgan fingerprint density at radius 1 is 0.348 bits per heavy atom. The van der Waals surface area contributed by atoms with Gasteiger partial charge in [0.25, 0.3) is 0 Å². The molecule has 23 heavy (non-hydrogen) atoms. The molecule has 0 fully saturated rings. The molecule has 0 aliphatic rings. The lowest BCUT2D eigenvalue weighted by Gasteiger charge is -2.03. The zero-order valence-electron chi connectivity index (χ0n) is 17.0. The van der Waals surface area contributed by atoms with Crippen LogP contribution in [-0.2, 0) is 0 Å². The number of nitrogens with two attached hydrogens (primary N) is 1. The molecule has 0 atom stereocenters. The smallest absolute Gasteiger partial charge is 0.00773 e. The zero-order valence-corrected chi connectivity index (χ0v) is 17.0. The quantitative estimate of drug-likeness (QED) is 0.269. The van der Waals surface area contributed by atoms with Gasteiger partial charge in [0, 0.05) is 0 Å². The summed E-state index contributed by atoms with van der Waals surface area (Å²) < 4.78 is 0. The Labute approximate surface area is 149 Å². The molecule has 1 heteroatoms. The van der Waals surface area contributed by atoms with E-state index in [2.05, 4.69) is 20.8 Å². The van der Waals surface area contributed by atoms with E-state index >= 15 is 0 Å². The number of hydrogen-bond donors (Lipinski definition) is 1. The summed E-state index contributed by atoms with van der Waals surface area (Å²) in [7, 11) is 0. The van der Waals surface area contributed by atoms with Crippen LogP contribution in [0.25, 0.3) is 0 Å². The first kappa shape index (κ1) is 25.2. The Bertz CT molecular complexity index is 149. The second kappa shape index (κ2) is 26.8. The molecule has 0 amide bonds. The predicted molar refractivity (Wildman–Crippen MR) is 109 cm³/mol. The molecule has 0 aromatic rings. The standard InChI is InChI=1S/C18H39N.C4H10/c1-2-3-4-5-6-7-8-9-10-11-12-13-14-15-16-17-18-19;1-3-4-2/h2-19H2,1H3;3-4H2,1-2H3. The third kappa shape index (κ3) is 30.4. The molecule has 0 saturated heterocycles. The fraction of sp³-hybridized carbons (Fsp3) is 1.00. The maximum atomic E-state index is 5.48. The highest BCUT2D eigenvalue weighted by Gasteiger charge is 1.94. The van der Waals surface area contributed by atoms with Crippen LogP contribution in [0.3, 0.4) is 0 Å². The van der Waals surface area contributed by atoms with Gasteiger partial charge in [0.15, 0.2) is 0 Å². The van der Waals surface area contributed by atoms with E-state index in [1.165, 1.54) is 116 Å². The van der Waals surface area contributed by atoms with Gasteiger partial charge in [-0.15, -0.1) is 0 Å². The van der Waals surface area contributed by atoms with Crippen molar-refractivity contribution in [2.45, 2.75) is 136 Å². The minimum atomic E-state index is 0.873. The van der Waals surface area contributed by atoms with Crippen molar-refractivity contribution in [3.05, 3.63) is 0 Å². The molecule has 142 valence electrons. The minimum absolute atomic E-state index is 0.873. The van der Waals surface area contributed by atoms with Crippen LogP contribution in [0.5, 0.6) is 0 Å². The van der Waals surface area contributed by atoms with Crippen LogP contribution < -0.4 is 5.73 Å². The highest BCUT2D eigenvalue weighted by Crippen LogP contribution is 2.13. The summed E-state index contributed by atoms with van der Waals surface area (Å²) in [6.45, 7) is 7.52. The molecule has 0 aromatic carbocycles. The summed E-state index contributed by atoms with van der Waals surface area (Å²) in [5.41, 5.74) is 5.48. The van der Waals surface area contributed by atoms with Crippen LogP contribution in [0.2, 0.25) is 0 Å². The van der Waals surface area contributed by atoms with Crippen molar-refractivity contribution in [1.29, 1.82) is 0 Å². The second-order valence-corrected chi connectivity index (χ2v) is 7.09. The van der Waals surface area contributed by atoms with Gasteiger partial charge in [-0.25, -0.2) is 0 Å². The second-order valence-electron chi connectivity index (χ2n) is 7.09. The van der Waals surface area contributed by atoms with Gasteiger partial charge in [-0.2, -0.15) is 0 Å². The third-order valence-corrected chi connectivity index (χ3v) is 4.56. The van der Waals surface area contributed by atoms with E-state index in [-0.39, 0.29) is 0 Å². The molecule has 0 aromatic heterocycles. The van der Waals surface area contributed by atoms with E-state index in [0.717, 1.165) is 6.54 Å². The molecule has 2 N–H and O–H groups in total. The monoisotopic (exact) mass is 327 g/mol. The highest BCUT2D eigenvalue weighted by atomic mass is 14.5. The summed E-state index contributed by atoms with van der Waals surface area (Å²) in [5.74, 6) is 0. The largest absolute Gasteiger partial charge is 0.330 e. The van der Waals surface area contributed by atoms with Crippen molar-refractivity contribution >= 4 is 0 Å². The molecule has 0 aliphatic carbocycles. The van der Waals surface area contributed by atoms with Crippen molar-refractivity contribution in [2.24, 2.45) is 5.73 Å². The number of hydrogen-bond acceptors (Lipinski definition) is 1. The third-order valence-electron chi connectivity index (χ3n) is 4.56. The Morgan fingerprint density at radius 3 is 0.826 bits per heavy atom. The molecule has 0 saturated carbocycles. The zero-order chi connectivity index (χ0) is 17.4. The van der Waals surface area contributed by atoms with Crippen LogP contribution >= 0.6 is 0 Å². The molecule has 0 unspecified atom stereocenters. The predicted octanol–water partition coefficient (Wildman–Crippen LogP) is 8.01. The summed E-state index contributed by atoms with van der Waals surface area (Å²) in [4.78, 5) is 0. The summed E-state index contributed by atoms with van der Waals surface area (Å²) in [6.07, 6.45) is 25.5. The van der Waals surface area contributed by atoms with Gasteiger partial charge in [-0.3, -0.25) is 0 Å². The van der Waals surface area contributed by atoms with E-state index in [9.17, 15) is 0 Å². The van der Waals surface area contributed by atoms with Crippen LogP contribution in [0.4, 0.5) is 0 Å². The molecule has 0 heterocycles. The average molecular weight is 328 g/mol. The van der Waals surface area contributed by atoms with Crippen LogP contribution in [-0.4, -0.2) is 6.54 Å². The van der Waals surface area contributed by atoms with Crippen molar-refractivity contribution < 1.29 is 0 Å². The van der Waals surface area contributed by atoms with Gasteiger partial charge >= 0.3 is 0 Å². The minimum Gasteiger partial charge on any atom is -0.330 e. The molecule has 0 radical (unpaired) electrons. The first-order valence-corrected chi connectivity index (χ1v) is 11.0. The van der Waals surface area contributed by atoms with Crippen molar-refractivity contribution in [1.82, 2.24) is 0 Å². The van der Waals surface area contributed by atoms with Gasteiger partial charge in [0.1, 0.15) is 0 Å². The highest BCUT2D eigenvalue weighted by molar-refractivity contribution is 4.49. The van der Waals surface area contributed by atoms with Gasteiger partial charge in [-0.05, 0) is 13.0 Å². The van der Waals surface area contributed by atoms with E-state index < -0.39 is 0 Å². The Kier molecular flexibility index (Phi) is 29.4. The summed E-state index contributed by atoms with van der Waals surface area (Å²) >= 11 is 0. The lowest BCUT2D eigenvalue weighted by molar-refractivity contribution is 0.530. The number of rotatable bonds is 17. The molecule has 0 bridgehead atoms. The number of unbranched alkanes of at least 4 members (excludes halogenated alkanes) is 16. The van der Waals surface area contributed by atoms with E-state index in [0.29, 0.717) is 0 Å². The SMILES string of the molecule is CCCC.CCCCCCCCCCCCCCCCCCN. The maximum absolute atomic E-state index is 5.48. The molecule has 1 nitrogen and oxygen atoms in total. The van der Waals surface area contributed by atoms with E-state index in [1.54, 1.807) is 0 Å². The Morgan fingerprint density at radius 2 is 0.609 bits per heavy atom. The molecular formula is C22H49N. The molecule has 0 rings (SSSR count). The van der Waals surface area contributed by atoms with E-state index in [4.69, 9.17) is 5.73 Å². The van der Waals surface area contributed by atoms with Crippen molar-refractivity contribution in [3.63, 3.8) is 0 Å². The van der Waals surface area contributed by atoms with Crippen molar-refractivity contribution in [2.75, 3.05) is 6.54 Å². The van der Waals surface area contributed by atoms with Gasteiger partial charge in [-0.1, -0.05) is 130 Å². The lowest BCUT2D eigenvalue weighted by atomic mass is 10.0. The van der Waals surface area contributed by atoms with Crippen LogP contribution in [0.1, 0.15) is 136 Å². The van der Waals surface area contributed by atoms with Crippen LogP contribution in [0.15, 0.2) is 0 Å².